The van der Waals surface area contributed by atoms with E-state index >= 15 is 0 Å². The van der Waals surface area contributed by atoms with Gasteiger partial charge in [-0.3, -0.25) is 4.79 Å². The summed E-state index contributed by atoms with van der Waals surface area (Å²) in [6.07, 6.45) is 15.8. The van der Waals surface area contributed by atoms with E-state index < -0.39 is 0 Å². The van der Waals surface area contributed by atoms with Crippen LogP contribution in [0.5, 0.6) is 0 Å². The largest absolute Gasteiger partial charge is 0.298 e. The van der Waals surface area contributed by atoms with Gasteiger partial charge < -0.3 is 0 Å². The zero-order valence-corrected chi connectivity index (χ0v) is 13.3. The Bertz CT molecular complexity index is 558. The van der Waals surface area contributed by atoms with Gasteiger partial charge in [-0.25, -0.2) is 0 Å². The Hall–Kier alpha value is -1.63. The smallest absolute Gasteiger partial charge is 0.147 e. The summed E-state index contributed by atoms with van der Waals surface area (Å²) < 4.78 is 0. The lowest BCUT2D eigenvalue weighted by molar-refractivity contribution is -0.135. The van der Waals surface area contributed by atoms with Crippen LogP contribution in [-0.2, 0) is 4.79 Å². The molecule has 2 saturated carbocycles. The van der Waals surface area contributed by atoms with E-state index in [0.717, 1.165) is 25.7 Å². The third kappa shape index (κ3) is 1.57. The van der Waals surface area contributed by atoms with E-state index in [1.807, 2.05) is 18.2 Å². The van der Waals surface area contributed by atoms with Crippen LogP contribution in [0.1, 0.15) is 25.7 Å². The highest BCUT2D eigenvalue weighted by molar-refractivity contribution is 5.96. The Morgan fingerprint density at radius 1 is 1.09 bits per heavy atom. The minimum absolute atomic E-state index is 0.216. The zero-order valence-electron chi connectivity index (χ0n) is 13.3. The van der Waals surface area contributed by atoms with Gasteiger partial charge in [-0.1, -0.05) is 36.5 Å². The molecule has 0 aromatic rings. The van der Waals surface area contributed by atoms with Gasteiger partial charge in [0.1, 0.15) is 5.78 Å². The van der Waals surface area contributed by atoms with Crippen LogP contribution in [-0.4, -0.2) is 5.78 Å². The van der Waals surface area contributed by atoms with E-state index in [1.54, 1.807) is 0 Å². The van der Waals surface area contributed by atoms with Crippen LogP contribution in [0.2, 0.25) is 0 Å². The summed E-state index contributed by atoms with van der Waals surface area (Å²) >= 11 is 0. The molecule has 3 rings (SSSR count). The maximum absolute atomic E-state index is 13.7. The lowest BCUT2D eigenvalue weighted by atomic mass is 9.67. The summed E-state index contributed by atoms with van der Waals surface area (Å²) in [5.74, 6) is 1.51. The van der Waals surface area contributed by atoms with E-state index in [-0.39, 0.29) is 28.6 Å². The molecule has 0 aliphatic heterocycles. The Morgan fingerprint density at radius 3 is 2.27 bits per heavy atom. The number of allylic oxidation sites excluding steroid dienone is 6. The zero-order chi connectivity index (χ0) is 16.0. The molecule has 0 bridgehead atoms. The first kappa shape index (κ1) is 15.3. The summed E-state index contributed by atoms with van der Waals surface area (Å²) in [5.41, 5.74) is -0.633. The van der Waals surface area contributed by atoms with Crippen LogP contribution >= 0.6 is 0 Å². The van der Waals surface area contributed by atoms with Crippen molar-refractivity contribution in [2.24, 2.45) is 34.5 Å². The topological polar surface area (TPSA) is 17.1 Å². The van der Waals surface area contributed by atoms with Crippen molar-refractivity contribution in [1.29, 1.82) is 0 Å². The van der Waals surface area contributed by atoms with Crippen molar-refractivity contribution in [2.75, 3.05) is 0 Å². The van der Waals surface area contributed by atoms with E-state index in [4.69, 9.17) is 0 Å². The maximum Gasteiger partial charge on any atom is 0.147 e. The summed E-state index contributed by atoms with van der Waals surface area (Å²) in [6, 6.07) is 0. The van der Waals surface area contributed by atoms with Gasteiger partial charge >= 0.3 is 0 Å². The third-order valence-electron chi connectivity index (χ3n) is 6.60. The number of fused-ring (bicyclic) bond motifs is 1. The second-order valence-corrected chi connectivity index (χ2v) is 7.16. The molecule has 1 spiro atoms. The van der Waals surface area contributed by atoms with Crippen LogP contribution < -0.4 is 0 Å². The third-order valence-corrected chi connectivity index (χ3v) is 6.60. The van der Waals surface area contributed by atoms with Crippen molar-refractivity contribution >= 4 is 5.78 Å². The first-order valence-corrected chi connectivity index (χ1v) is 8.31. The van der Waals surface area contributed by atoms with Crippen LogP contribution in [0.15, 0.2) is 62.8 Å². The normalized spacial score (nSPS) is 41.5. The molecule has 22 heavy (non-hydrogen) atoms. The minimum Gasteiger partial charge on any atom is -0.298 e. The standard InChI is InChI=1S/C21H26O/c1-5-11-21-16(7-3)14-15(6-2)18(21)17(8-4)20(19(21)22)12-9-10-13-20/h5-10,15-18H,1-4,11-14H2/t15-,16+,17+,18+,21+/m1/s1. The van der Waals surface area contributed by atoms with Crippen molar-refractivity contribution in [1.82, 2.24) is 0 Å². The minimum atomic E-state index is -0.354. The molecule has 1 nitrogen and oxygen atoms in total. The Balaban J connectivity index is 2.20. The van der Waals surface area contributed by atoms with Crippen LogP contribution in [0.25, 0.3) is 0 Å². The molecular formula is C21H26O. The van der Waals surface area contributed by atoms with Crippen molar-refractivity contribution < 1.29 is 4.79 Å². The summed E-state index contributed by atoms with van der Waals surface area (Å²) in [4.78, 5) is 13.7. The highest BCUT2D eigenvalue weighted by Gasteiger charge is 2.71. The number of ketones is 1. The Kier molecular flexibility index (Phi) is 3.63. The molecule has 0 aromatic heterocycles. The van der Waals surface area contributed by atoms with Crippen molar-refractivity contribution in [3.63, 3.8) is 0 Å². The number of carbonyl (C=O) groups is 1. The highest BCUT2D eigenvalue weighted by atomic mass is 16.1. The second-order valence-electron chi connectivity index (χ2n) is 7.16. The molecule has 0 radical (unpaired) electrons. The molecule has 1 heteroatoms. The summed E-state index contributed by atoms with van der Waals surface area (Å²) in [5, 5.41) is 0. The molecular weight excluding hydrogens is 268 g/mol. The molecule has 3 aliphatic rings. The fraction of sp³-hybridized carbons (Fsp3) is 0.476. The van der Waals surface area contributed by atoms with Gasteiger partial charge in [0, 0.05) is 10.8 Å². The fourth-order valence-electron chi connectivity index (χ4n) is 5.81. The molecule has 0 heterocycles. The van der Waals surface area contributed by atoms with Gasteiger partial charge in [-0.2, -0.15) is 0 Å². The quantitative estimate of drug-likeness (QED) is 0.659. The van der Waals surface area contributed by atoms with Crippen LogP contribution in [0.3, 0.4) is 0 Å². The van der Waals surface area contributed by atoms with Gasteiger partial charge in [0.25, 0.3) is 0 Å². The van der Waals surface area contributed by atoms with Crippen LogP contribution in [0.4, 0.5) is 0 Å². The first-order chi connectivity index (χ1) is 10.6. The summed E-state index contributed by atoms with van der Waals surface area (Å²) in [7, 11) is 0. The van der Waals surface area contributed by atoms with Gasteiger partial charge in [0.05, 0.1) is 0 Å². The monoisotopic (exact) mass is 294 g/mol. The van der Waals surface area contributed by atoms with Crippen LogP contribution in [0, 0.1) is 34.5 Å². The number of carbonyl (C=O) groups excluding carboxylic acids is 1. The van der Waals surface area contributed by atoms with E-state index in [1.165, 1.54) is 0 Å². The number of Topliss-reactive ketones (excluding diaryl/α,β-unsaturated/α-hetero) is 1. The van der Waals surface area contributed by atoms with E-state index in [9.17, 15) is 4.79 Å². The molecule has 2 fully saturated rings. The number of hydrogen-bond acceptors (Lipinski definition) is 1. The molecule has 0 amide bonds. The first-order valence-electron chi connectivity index (χ1n) is 8.31. The highest BCUT2D eigenvalue weighted by Crippen LogP contribution is 2.70. The van der Waals surface area contributed by atoms with E-state index in [2.05, 4.69) is 44.5 Å². The maximum atomic E-state index is 13.7. The van der Waals surface area contributed by atoms with Crippen molar-refractivity contribution in [2.45, 2.75) is 25.7 Å². The van der Waals surface area contributed by atoms with Crippen molar-refractivity contribution in [3.05, 3.63) is 62.8 Å². The Labute approximate surface area is 134 Å². The predicted octanol–water partition coefficient (Wildman–Crippen LogP) is 4.89. The summed E-state index contributed by atoms with van der Waals surface area (Å²) in [6.45, 7) is 16.1. The second kappa shape index (κ2) is 5.22. The molecule has 0 saturated heterocycles. The lowest BCUT2D eigenvalue weighted by Crippen LogP contribution is -2.39. The molecule has 0 unspecified atom stereocenters. The lowest BCUT2D eigenvalue weighted by Gasteiger charge is -2.33. The molecule has 116 valence electrons. The fourth-order valence-corrected chi connectivity index (χ4v) is 5.81. The Morgan fingerprint density at radius 2 is 1.77 bits per heavy atom. The molecule has 5 atom stereocenters. The van der Waals surface area contributed by atoms with Crippen molar-refractivity contribution in [3.8, 4) is 0 Å². The average Bonchev–Trinajstić information content (AvgIpc) is 3.17. The van der Waals surface area contributed by atoms with Gasteiger partial charge in [-0.05, 0) is 49.4 Å². The van der Waals surface area contributed by atoms with E-state index in [0.29, 0.717) is 11.7 Å². The molecule has 3 aliphatic carbocycles. The van der Waals surface area contributed by atoms with Gasteiger partial charge in [-0.15, -0.1) is 26.3 Å². The predicted molar refractivity (Wildman–Crippen MR) is 92.2 cm³/mol. The number of rotatable bonds is 5. The molecule has 0 aromatic carbocycles. The van der Waals surface area contributed by atoms with Gasteiger partial charge in [0.2, 0.25) is 0 Å². The SMILES string of the molecule is C=CC[C@@]12C(=O)C3(CC=CC3)[C@@H](C=C)[C@@H]1[C@H](C=C)C[C@@H]2C=C. The number of hydrogen-bond donors (Lipinski definition) is 0. The van der Waals surface area contributed by atoms with Gasteiger partial charge in [0.15, 0.2) is 0 Å². The average molecular weight is 294 g/mol. The molecule has 0 N–H and O–H groups in total.